The van der Waals surface area contributed by atoms with Crippen LogP contribution in [0.1, 0.15) is 43.0 Å². The molecule has 0 aromatic carbocycles. The number of sulfonamides is 1. The standard InChI is InChI=1S/C14H22N2O4S2/c1-10-4-2-3-5-12(10)20-7-6-16-14(17)11-8-13(21-9-11)22(15,18)19/h8-10,12H,2-7H2,1H3,(H,16,17)(H2,15,18,19)/t10-,12+/m0/s1. The van der Waals surface area contributed by atoms with Crippen LogP contribution in [0.5, 0.6) is 0 Å². The van der Waals surface area contributed by atoms with Crippen molar-refractivity contribution in [2.75, 3.05) is 13.2 Å². The molecule has 1 aliphatic rings. The first kappa shape index (κ1) is 17.4. The average molecular weight is 346 g/mol. The minimum absolute atomic E-state index is 0.00932. The molecule has 2 atom stereocenters. The van der Waals surface area contributed by atoms with Gasteiger partial charge in [-0.15, -0.1) is 11.3 Å². The van der Waals surface area contributed by atoms with Gasteiger partial charge in [0, 0.05) is 11.9 Å². The number of hydrogen-bond acceptors (Lipinski definition) is 5. The van der Waals surface area contributed by atoms with Crippen molar-refractivity contribution < 1.29 is 17.9 Å². The smallest absolute Gasteiger partial charge is 0.252 e. The molecule has 0 aliphatic heterocycles. The lowest BCUT2D eigenvalue weighted by molar-refractivity contribution is -0.00293. The molecule has 1 fully saturated rings. The van der Waals surface area contributed by atoms with E-state index in [9.17, 15) is 13.2 Å². The first-order valence-electron chi connectivity index (χ1n) is 7.39. The summed E-state index contributed by atoms with van der Waals surface area (Å²) < 4.78 is 28.1. The van der Waals surface area contributed by atoms with Crippen LogP contribution >= 0.6 is 11.3 Å². The normalized spacial score (nSPS) is 22.5. The van der Waals surface area contributed by atoms with Crippen LogP contribution in [-0.2, 0) is 14.8 Å². The molecule has 0 unspecified atom stereocenters. The summed E-state index contributed by atoms with van der Waals surface area (Å²) in [5.41, 5.74) is 0.306. The lowest BCUT2D eigenvalue weighted by Gasteiger charge is -2.28. The summed E-state index contributed by atoms with van der Waals surface area (Å²) >= 11 is 0.942. The highest BCUT2D eigenvalue weighted by molar-refractivity contribution is 7.91. The van der Waals surface area contributed by atoms with Crippen molar-refractivity contribution in [2.24, 2.45) is 11.1 Å². The van der Waals surface area contributed by atoms with E-state index >= 15 is 0 Å². The highest BCUT2D eigenvalue weighted by Crippen LogP contribution is 2.26. The SMILES string of the molecule is C[C@H]1CCCC[C@H]1OCCNC(=O)c1csc(S(N)(=O)=O)c1. The highest BCUT2D eigenvalue weighted by atomic mass is 32.2. The lowest BCUT2D eigenvalue weighted by atomic mass is 9.88. The number of ether oxygens (including phenoxy) is 1. The van der Waals surface area contributed by atoms with Crippen molar-refractivity contribution in [1.29, 1.82) is 0 Å². The monoisotopic (exact) mass is 346 g/mol. The van der Waals surface area contributed by atoms with Crippen molar-refractivity contribution in [3.63, 3.8) is 0 Å². The van der Waals surface area contributed by atoms with Crippen molar-refractivity contribution in [2.45, 2.75) is 42.9 Å². The largest absolute Gasteiger partial charge is 0.376 e. The second-order valence-corrected chi connectivity index (χ2v) is 8.33. The second kappa shape index (κ2) is 7.54. The zero-order valence-corrected chi connectivity index (χ0v) is 14.2. The Hall–Kier alpha value is -0.960. The van der Waals surface area contributed by atoms with Gasteiger partial charge < -0.3 is 10.1 Å². The highest BCUT2D eigenvalue weighted by Gasteiger charge is 2.21. The summed E-state index contributed by atoms with van der Waals surface area (Å²) in [6, 6.07) is 1.29. The van der Waals surface area contributed by atoms with E-state index in [0.717, 1.165) is 17.8 Å². The molecule has 1 saturated carbocycles. The van der Waals surface area contributed by atoms with Crippen LogP contribution in [0.15, 0.2) is 15.7 Å². The lowest BCUT2D eigenvalue weighted by Crippen LogP contribution is -2.31. The van der Waals surface area contributed by atoms with Gasteiger partial charge in [-0.25, -0.2) is 13.6 Å². The molecular formula is C14H22N2O4S2. The maximum Gasteiger partial charge on any atom is 0.252 e. The predicted molar refractivity (Wildman–Crippen MR) is 85.4 cm³/mol. The molecule has 1 aromatic rings. The maximum absolute atomic E-state index is 11.9. The number of amides is 1. The third kappa shape index (κ3) is 4.77. The molecule has 2 rings (SSSR count). The van der Waals surface area contributed by atoms with Gasteiger partial charge in [-0.3, -0.25) is 4.79 Å². The molecule has 22 heavy (non-hydrogen) atoms. The van der Waals surface area contributed by atoms with E-state index in [1.807, 2.05) is 0 Å². The van der Waals surface area contributed by atoms with E-state index in [4.69, 9.17) is 9.88 Å². The minimum Gasteiger partial charge on any atom is -0.376 e. The fourth-order valence-corrected chi connectivity index (χ4v) is 4.18. The number of rotatable bonds is 6. The van der Waals surface area contributed by atoms with Gasteiger partial charge in [-0.05, 0) is 24.8 Å². The van der Waals surface area contributed by atoms with E-state index in [0.29, 0.717) is 24.6 Å². The Morgan fingerprint density at radius 2 is 2.18 bits per heavy atom. The Labute approximate surface area is 135 Å². The van der Waals surface area contributed by atoms with Gasteiger partial charge in [0.25, 0.3) is 5.91 Å². The Morgan fingerprint density at radius 1 is 1.45 bits per heavy atom. The number of nitrogens with two attached hydrogens (primary N) is 1. The predicted octanol–water partition coefficient (Wildman–Crippen LogP) is 1.72. The second-order valence-electron chi connectivity index (χ2n) is 5.63. The third-order valence-corrected chi connectivity index (χ3v) is 6.26. The summed E-state index contributed by atoms with van der Waals surface area (Å²) in [5.74, 6) is 0.255. The molecule has 0 saturated heterocycles. The van der Waals surface area contributed by atoms with Crippen LogP contribution in [0.4, 0.5) is 0 Å². The Kier molecular flexibility index (Phi) is 5.96. The fraction of sp³-hybridized carbons (Fsp3) is 0.643. The minimum atomic E-state index is -3.75. The molecule has 124 valence electrons. The molecule has 3 N–H and O–H groups in total. The molecule has 0 bridgehead atoms. The van der Waals surface area contributed by atoms with Gasteiger partial charge in [0.05, 0.1) is 18.3 Å². The summed E-state index contributed by atoms with van der Waals surface area (Å²) in [4.78, 5) is 11.9. The zero-order valence-electron chi connectivity index (χ0n) is 12.6. The van der Waals surface area contributed by atoms with Gasteiger partial charge >= 0.3 is 0 Å². The van der Waals surface area contributed by atoms with Crippen molar-refractivity contribution in [1.82, 2.24) is 5.32 Å². The van der Waals surface area contributed by atoms with Crippen LogP contribution in [0.3, 0.4) is 0 Å². The number of primary sulfonamides is 1. The Bertz CT molecular complexity index is 612. The zero-order chi connectivity index (χ0) is 16.2. The number of hydrogen-bond donors (Lipinski definition) is 2. The molecule has 1 aromatic heterocycles. The molecular weight excluding hydrogens is 324 g/mol. The quantitative estimate of drug-likeness (QED) is 0.766. The molecule has 1 amide bonds. The van der Waals surface area contributed by atoms with Crippen molar-refractivity contribution in [3.8, 4) is 0 Å². The molecule has 8 heteroatoms. The van der Waals surface area contributed by atoms with E-state index in [1.165, 1.54) is 30.7 Å². The summed E-state index contributed by atoms with van der Waals surface area (Å²) in [6.07, 6.45) is 5.02. The average Bonchev–Trinajstić information content (AvgIpc) is 2.95. The van der Waals surface area contributed by atoms with Gasteiger partial charge in [0.15, 0.2) is 0 Å². The fourth-order valence-electron chi connectivity index (χ4n) is 2.59. The summed E-state index contributed by atoms with van der Waals surface area (Å²) in [7, 11) is -3.75. The number of carbonyl (C=O) groups excluding carboxylic acids is 1. The van der Waals surface area contributed by atoms with Gasteiger partial charge in [-0.2, -0.15) is 0 Å². The van der Waals surface area contributed by atoms with Crippen LogP contribution in [0, 0.1) is 5.92 Å². The van der Waals surface area contributed by atoms with E-state index in [2.05, 4.69) is 12.2 Å². The van der Waals surface area contributed by atoms with E-state index < -0.39 is 10.0 Å². The van der Waals surface area contributed by atoms with Crippen LogP contribution in [0.2, 0.25) is 0 Å². The van der Waals surface area contributed by atoms with Gasteiger partial charge in [0.2, 0.25) is 10.0 Å². The van der Waals surface area contributed by atoms with Crippen LogP contribution < -0.4 is 10.5 Å². The molecule has 0 radical (unpaired) electrons. The van der Waals surface area contributed by atoms with E-state index in [1.54, 1.807) is 0 Å². The molecule has 1 heterocycles. The Balaban J connectivity index is 1.75. The Morgan fingerprint density at radius 3 is 2.82 bits per heavy atom. The van der Waals surface area contributed by atoms with Gasteiger partial charge in [0.1, 0.15) is 4.21 Å². The number of thiophene rings is 1. The van der Waals surface area contributed by atoms with Crippen LogP contribution in [-0.4, -0.2) is 33.6 Å². The van der Waals surface area contributed by atoms with Crippen molar-refractivity contribution >= 4 is 27.3 Å². The van der Waals surface area contributed by atoms with Gasteiger partial charge in [-0.1, -0.05) is 19.8 Å². The molecule has 1 aliphatic carbocycles. The summed E-state index contributed by atoms with van der Waals surface area (Å²) in [6.45, 7) is 3.07. The molecule has 6 nitrogen and oxygen atoms in total. The maximum atomic E-state index is 11.9. The van der Waals surface area contributed by atoms with Crippen molar-refractivity contribution in [3.05, 3.63) is 17.0 Å². The first-order valence-corrected chi connectivity index (χ1v) is 9.81. The van der Waals surface area contributed by atoms with E-state index in [-0.39, 0.29) is 16.2 Å². The van der Waals surface area contributed by atoms with Crippen LogP contribution in [0.25, 0.3) is 0 Å². The number of carbonyl (C=O) groups is 1. The topological polar surface area (TPSA) is 98.5 Å². The summed E-state index contributed by atoms with van der Waals surface area (Å²) in [5, 5.41) is 9.23. The first-order chi connectivity index (χ1) is 10.4. The molecule has 0 spiro atoms. The third-order valence-electron chi connectivity index (χ3n) is 3.87. The number of nitrogens with one attached hydrogen (secondary N) is 1.